The molecule has 0 amide bonds. The quantitative estimate of drug-likeness (QED) is 0.735. The van der Waals surface area contributed by atoms with Crippen LogP contribution in [0.4, 0.5) is 0 Å². The predicted molar refractivity (Wildman–Crippen MR) is 49.6 cm³/mol. The third kappa shape index (κ3) is 3.85. The van der Waals surface area contributed by atoms with E-state index in [0.717, 1.165) is 0 Å². The fourth-order valence-corrected chi connectivity index (χ4v) is 2.43. The van der Waals surface area contributed by atoms with Gasteiger partial charge in [-0.15, -0.1) is 0 Å². The standard InChI is InChI=1S/C8H16O3S/c1-6(5-7(9)10)12(11)8(2,3)4/h6H,5H2,1-4H3,(H,9,10). The maximum absolute atomic E-state index is 11.5. The molecule has 2 atom stereocenters. The number of carbonyl (C=O) groups is 1. The first-order valence-corrected chi connectivity index (χ1v) is 5.09. The maximum Gasteiger partial charge on any atom is 0.304 e. The summed E-state index contributed by atoms with van der Waals surface area (Å²) in [4.78, 5) is 10.3. The number of carboxylic acids is 1. The lowest BCUT2D eigenvalue weighted by atomic mass is 10.3. The number of aliphatic carboxylic acids is 1. The van der Waals surface area contributed by atoms with Crippen molar-refractivity contribution in [3.05, 3.63) is 0 Å². The summed E-state index contributed by atoms with van der Waals surface area (Å²) in [6.45, 7) is 7.25. The Morgan fingerprint density at radius 3 is 2.17 bits per heavy atom. The number of hydrogen-bond donors (Lipinski definition) is 1. The molecule has 4 heteroatoms. The first-order valence-electron chi connectivity index (χ1n) is 3.87. The van der Waals surface area contributed by atoms with Crippen molar-refractivity contribution in [1.82, 2.24) is 0 Å². The Labute approximate surface area is 75.6 Å². The van der Waals surface area contributed by atoms with Crippen molar-refractivity contribution in [3.8, 4) is 0 Å². The zero-order valence-corrected chi connectivity index (χ0v) is 8.77. The van der Waals surface area contributed by atoms with Crippen LogP contribution < -0.4 is 0 Å². The van der Waals surface area contributed by atoms with Crippen LogP contribution in [0.2, 0.25) is 0 Å². The van der Waals surface area contributed by atoms with Crippen LogP contribution in [0.3, 0.4) is 0 Å². The molecular formula is C8H16O3S. The van der Waals surface area contributed by atoms with Crippen LogP contribution in [0, 0.1) is 0 Å². The molecule has 1 N–H and O–H groups in total. The zero-order valence-electron chi connectivity index (χ0n) is 7.96. The van der Waals surface area contributed by atoms with Gasteiger partial charge in [0.2, 0.25) is 0 Å². The highest BCUT2D eigenvalue weighted by Gasteiger charge is 2.26. The highest BCUT2D eigenvalue weighted by Crippen LogP contribution is 2.17. The van der Waals surface area contributed by atoms with Crippen molar-refractivity contribution in [1.29, 1.82) is 0 Å². The smallest absolute Gasteiger partial charge is 0.304 e. The van der Waals surface area contributed by atoms with Gasteiger partial charge < -0.3 is 5.11 Å². The van der Waals surface area contributed by atoms with Gasteiger partial charge in [0.25, 0.3) is 0 Å². The molecule has 0 aromatic heterocycles. The van der Waals surface area contributed by atoms with Crippen LogP contribution >= 0.6 is 0 Å². The van der Waals surface area contributed by atoms with E-state index < -0.39 is 16.8 Å². The Hall–Kier alpha value is -0.380. The summed E-state index contributed by atoms with van der Waals surface area (Å²) in [7, 11) is -1.08. The van der Waals surface area contributed by atoms with Gasteiger partial charge in [0.05, 0.1) is 6.42 Å². The van der Waals surface area contributed by atoms with E-state index in [2.05, 4.69) is 0 Å². The Morgan fingerprint density at radius 1 is 1.50 bits per heavy atom. The molecule has 12 heavy (non-hydrogen) atoms. The fourth-order valence-electron chi connectivity index (χ4n) is 0.925. The second kappa shape index (κ2) is 4.03. The van der Waals surface area contributed by atoms with E-state index in [1.54, 1.807) is 6.92 Å². The second-order valence-electron chi connectivity index (χ2n) is 3.82. The SMILES string of the molecule is CC(CC(=O)O)S(=O)C(C)(C)C. The molecule has 0 radical (unpaired) electrons. The number of carboxylic acid groups (broad SMARTS) is 1. The van der Waals surface area contributed by atoms with E-state index >= 15 is 0 Å². The van der Waals surface area contributed by atoms with E-state index in [1.807, 2.05) is 20.8 Å². The average molecular weight is 192 g/mol. The molecule has 0 aromatic rings. The molecule has 0 aliphatic carbocycles. The predicted octanol–water partition coefficient (Wildman–Crippen LogP) is 1.40. The second-order valence-corrected chi connectivity index (χ2v) is 6.44. The monoisotopic (exact) mass is 192 g/mol. The minimum absolute atomic E-state index is 0.0239. The molecule has 0 rings (SSSR count). The van der Waals surface area contributed by atoms with Crippen molar-refractivity contribution in [3.63, 3.8) is 0 Å². The molecule has 0 saturated carbocycles. The van der Waals surface area contributed by atoms with E-state index in [9.17, 15) is 9.00 Å². The van der Waals surface area contributed by atoms with Gasteiger partial charge >= 0.3 is 5.97 Å². The minimum atomic E-state index is -1.08. The molecule has 0 spiro atoms. The lowest BCUT2D eigenvalue weighted by Crippen LogP contribution is -2.30. The molecule has 72 valence electrons. The molecule has 0 bridgehead atoms. The van der Waals surface area contributed by atoms with Crippen molar-refractivity contribution >= 4 is 16.8 Å². The summed E-state index contributed by atoms with van der Waals surface area (Å²) in [6, 6.07) is 0. The van der Waals surface area contributed by atoms with Gasteiger partial charge in [0.15, 0.2) is 0 Å². The lowest BCUT2D eigenvalue weighted by Gasteiger charge is -2.21. The number of hydrogen-bond acceptors (Lipinski definition) is 2. The third-order valence-corrected chi connectivity index (χ3v) is 3.54. The van der Waals surface area contributed by atoms with Crippen LogP contribution in [0.5, 0.6) is 0 Å². The van der Waals surface area contributed by atoms with Gasteiger partial charge in [-0.25, -0.2) is 0 Å². The van der Waals surface area contributed by atoms with Crippen LogP contribution in [-0.2, 0) is 15.6 Å². The highest BCUT2D eigenvalue weighted by atomic mass is 32.2. The van der Waals surface area contributed by atoms with Crippen molar-refractivity contribution < 1.29 is 14.1 Å². The Morgan fingerprint density at radius 2 is 1.92 bits per heavy atom. The van der Waals surface area contributed by atoms with Crippen molar-refractivity contribution in [2.75, 3.05) is 0 Å². The van der Waals surface area contributed by atoms with Crippen molar-refractivity contribution in [2.45, 2.75) is 44.1 Å². The minimum Gasteiger partial charge on any atom is -0.481 e. The molecule has 2 unspecified atom stereocenters. The van der Waals surface area contributed by atoms with Crippen molar-refractivity contribution in [2.24, 2.45) is 0 Å². The first-order chi connectivity index (χ1) is 5.25. The van der Waals surface area contributed by atoms with Crippen LogP contribution in [0.25, 0.3) is 0 Å². The summed E-state index contributed by atoms with van der Waals surface area (Å²) in [5, 5.41) is 8.19. The topological polar surface area (TPSA) is 54.4 Å². The summed E-state index contributed by atoms with van der Waals surface area (Å²) in [5.41, 5.74) is 0. The van der Waals surface area contributed by atoms with Gasteiger partial charge in [0, 0.05) is 20.8 Å². The lowest BCUT2D eigenvalue weighted by molar-refractivity contribution is -0.136. The highest BCUT2D eigenvalue weighted by molar-refractivity contribution is 7.87. The van der Waals surface area contributed by atoms with Gasteiger partial charge in [-0.3, -0.25) is 9.00 Å². The van der Waals surface area contributed by atoms with E-state index in [1.165, 1.54) is 0 Å². The van der Waals surface area contributed by atoms with Crippen LogP contribution in [-0.4, -0.2) is 25.3 Å². The first kappa shape index (κ1) is 11.6. The molecule has 0 saturated heterocycles. The molecule has 0 fully saturated rings. The van der Waals surface area contributed by atoms with Gasteiger partial charge in [-0.05, 0) is 20.8 Å². The molecule has 0 heterocycles. The summed E-state index contributed by atoms with van der Waals surface area (Å²) < 4.78 is 11.2. The maximum atomic E-state index is 11.5. The molecule has 0 aliphatic heterocycles. The van der Waals surface area contributed by atoms with Gasteiger partial charge in [-0.1, -0.05) is 6.92 Å². The largest absolute Gasteiger partial charge is 0.481 e. The average Bonchev–Trinajstić information content (AvgIpc) is 1.82. The molecular weight excluding hydrogens is 176 g/mol. The van der Waals surface area contributed by atoms with Gasteiger partial charge in [0.1, 0.15) is 0 Å². The Balaban J connectivity index is 4.21. The normalized spacial score (nSPS) is 17.0. The van der Waals surface area contributed by atoms with E-state index in [4.69, 9.17) is 5.11 Å². The Kier molecular flexibility index (Phi) is 3.90. The molecule has 0 aliphatic rings. The summed E-state index contributed by atoms with van der Waals surface area (Å²) in [5.74, 6) is -0.889. The summed E-state index contributed by atoms with van der Waals surface area (Å²) in [6.07, 6.45) is -0.0239. The molecule has 3 nitrogen and oxygen atoms in total. The van der Waals surface area contributed by atoms with Gasteiger partial charge in [-0.2, -0.15) is 0 Å². The third-order valence-electron chi connectivity index (χ3n) is 1.43. The molecule has 0 aromatic carbocycles. The fraction of sp³-hybridized carbons (Fsp3) is 0.875. The zero-order chi connectivity index (χ0) is 9.94. The van der Waals surface area contributed by atoms with Crippen LogP contribution in [0.1, 0.15) is 34.1 Å². The number of rotatable bonds is 3. The Bertz CT molecular complexity index is 193. The van der Waals surface area contributed by atoms with E-state index in [-0.39, 0.29) is 16.4 Å². The van der Waals surface area contributed by atoms with E-state index in [0.29, 0.717) is 0 Å². The van der Waals surface area contributed by atoms with Crippen LogP contribution in [0.15, 0.2) is 0 Å². The summed E-state index contributed by atoms with van der Waals surface area (Å²) >= 11 is 0.